The highest BCUT2D eigenvalue weighted by atomic mass is 35.5. The predicted molar refractivity (Wildman–Crippen MR) is 89.9 cm³/mol. The van der Waals surface area contributed by atoms with Crippen molar-refractivity contribution in [3.63, 3.8) is 0 Å². The maximum absolute atomic E-state index is 10.4. The van der Waals surface area contributed by atoms with Crippen LogP contribution in [0.4, 0.5) is 0 Å². The molecule has 0 bridgehead atoms. The first-order chi connectivity index (χ1) is 11.0. The van der Waals surface area contributed by atoms with E-state index in [-0.39, 0.29) is 0 Å². The van der Waals surface area contributed by atoms with Gasteiger partial charge < -0.3 is 5.21 Å². The number of rotatable bonds is 1. The molecule has 4 aromatic rings. The van der Waals surface area contributed by atoms with Crippen molar-refractivity contribution >= 4 is 33.9 Å². The van der Waals surface area contributed by atoms with Gasteiger partial charge in [0.25, 0.3) is 0 Å². The third kappa shape index (κ3) is 2.21. The predicted octanol–water partition coefficient (Wildman–Crippen LogP) is 4.15. The second-order valence-electron chi connectivity index (χ2n) is 5.55. The first-order valence-electron chi connectivity index (χ1n) is 7.15. The maximum Gasteiger partial charge on any atom is 0.216 e. The standard InChI is InChI=1S/C17H13ClN4O/c1-9-7-13-14(8-10(9)2)20-17-15(19-13)21-16(22(17)23)11-3-5-12(18)6-4-11/h3-8,23H,1-2H3. The fraction of sp³-hybridized carbons (Fsp3) is 0.118. The van der Waals surface area contributed by atoms with Crippen LogP contribution in [-0.2, 0) is 0 Å². The van der Waals surface area contributed by atoms with Gasteiger partial charge in [-0.1, -0.05) is 11.6 Å². The van der Waals surface area contributed by atoms with E-state index in [1.165, 1.54) is 0 Å². The van der Waals surface area contributed by atoms with Gasteiger partial charge in [-0.25, -0.2) is 15.0 Å². The van der Waals surface area contributed by atoms with E-state index in [1.54, 1.807) is 24.3 Å². The summed E-state index contributed by atoms with van der Waals surface area (Å²) >= 11 is 5.90. The Morgan fingerprint density at radius 2 is 1.52 bits per heavy atom. The highest BCUT2D eigenvalue weighted by molar-refractivity contribution is 6.30. The van der Waals surface area contributed by atoms with E-state index in [4.69, 9.17) is 11.6 Å². The summed E-state index contributed by atoms with van der Waals surface area (Å²) in [4.78, 5) is 13.4. The smallest absolute Gasteiger partial charge is 0.216 e. The zero-order chi connectivity index (χ0) is 16.1. The van der Waals surface area contributed by atoms with Gasteiger partial charge in [-0.3, -0.25) is 0 Å². The number of hydrogen-bond donors (Lipinski definition) is 1. The summed E-state index contributed by atoms with van der Waals surface area (Å²) in [5.41, 5.74) is 5.27. The normalized spacial score (nSPS) is 11.4. The molecular weight excluding hydrogens is 312 g/mol. The van der Waals surface area contributed by atoms with Crippen LogP contribution in [0.25, 0.3) is 33.7 Å². The molecule has 2 heterocycles. The van der Waals surface area contributed by atoms with Crippen molar-refractivity contribution in [2.24, 2.45) is 0 Å². The average Bonchev–Trinajstić information content (AvgIpc) is 2.84. The van der Waals surface area contributed by atoms with Crippen molar-refractivity contribution in [1.82, 2.24) is 19.7 Å². The van der Waals surface area contributed by atoms with Crippen LogP contribution in [0.5, 0.6) is 0 Å². The van der Waals surface area contributed by atoms with Gasteiger partial charge in [0.2, 0.25) is 11.3 Å². The monoisotopic (exact) mass is 324 g/mol. The summed E-state index contributed by atoms with van der Waals surface area (Å²) in [7, 11) is 0. The molecule has 4 rings (SSSR count). The molecule has 0 aliphatic heterocycles. The van der Waals surface area contributed by atoms with Crippen LogP contribution < -0.4 is 0 Å². The van der Waals surface area contributed by atoms with E-state index in [0.717, 1.165) is 32.5 Å². The number of fused-ring (bicyclic) bond motifs is 2. The number of benzene rings is 2. The summed E-state index contributed by atoms with van der Waals surface area (Å²) in [6.07, 6.45) is 0. The van der Waals surface area contributed by atoms with Gasteiger partial charge >= 0.3 is 0 Å². The molecule has 2 aromatic heterocycles. The minimum absolute atomic E-state index is 0.339. The molecule has 0 atom stereocenters. The molecule has 0 amide bonds. The van der Waals surface area contributed by atoms with Crippen molar-refractivity contribution < 1.29 is 5.21 Å². The first-order valence-corrected chi connectivity index (χ1v) is 7.53. The van der Waals surface area contributed by atoms with Crippen molar-refractivity contribution in [2.45, 2.75) is 13.8 Å². The van der Waals surface area contributed by atoms with Crippen molar-refractivity contribution in [2.75, 3.05) is 0 Å². The molecule has 1 N–H and O–H groups in total. The molecule has 2 aromatic carbocycles. The zero-order valence-corrected chi connectivity index (χ0v) is 13.3. The largest absolute Gasteiger partial charge is 0.425 e. The van der Waals surface area contributed by atoms with Gasteiger partial charge in [0.15, 0.2) is 5.82 Å². The second kappa shape index (κ2) is 4.93. The molecule has 0 fully saturated rings. The maximum atomic E-state index is 10.4. The van der Waals surface area contributed by atoms with Crippen LogP contribution in [0.1, 0.15) is 11.1 Å². The lowest BCUT2D eigenvalue weighted by atomic mass is 10.1. The Hall–Kier alpha value is -2.66. The zero-order valence-electron chi connectivity index (χ0n) is 12.6. The Morgan fingerprint density at radius 3 is 2.17 bits per heavy atom. The summed E-state index contributed by atoms with van der Waals surface area (Å²) in [6, 6.07) is 11.0. The van der Waals surface area contributed by atoms with Gasteiger partial charge in [0, 0.05) is 10.6 Å². The number of hydrogen-bond acceptors (Lipinski definition) is 4. The second-order valence-corrected chi connectivity index (χ2v) is 5.99. The van der Waals surface area contributed by atoms with Crippen LogP contribution in [0.15, 0.2) is 36.4 Å². The van der Waals surface area contributed by atoms with Crippen LogP contribution in [-0.4, -0.2) is 24.9 Å². The summed E-state index contributed by atoms with van der Waals surface area (Å²) in [6.45, 7) is 4.06. The van der Waals surface area contributed by atoms with Gasteiger partial charge in [-0.15, -0.1) is 4.73 Å². The van der Waals surface area contributed by atoms with Gasteiger partial charge in [0.1, 0.15) is 0 Å². The Balaban J connectivity index is 1.99. The molecule has 0 unspecified atom stereocenters. The van der Waals surface area contributed by atoms with E-state index in [1.807, 2.05) is 26.0 Å². The fourth-order valence-corrected chi connectivity index (χ4v) is 2.67. The van der Waals surface area contributed by atoms with Crippen LogP contribution in [0.2, 0.25) is 5.02 Å². The van der Waals surface area contributed by atoms with Crippen LogP contribution in [0, 0.1) is 13.8 Å². The molecule has 0 aliphatic carbocycles. The number of aromatic nitrogens is 4. The lowest BCUT2D eigenvalue weighted by molar-refractivity contribution is 0.201. The molecule has 0 aliphatic rings. The molecule has 114 valence electrons. The third-order valence-corrected chi connectivity index (χ3v) is 4.21. The molecule has 0 saturated carbocycles. The van der Waals surface area contributed by atoms with E-state index in [2.05, 4.69) is 15.0 Å². The quantitative estimate of drug-likeness (QED) is 0.534. The van der Waals surface area contributed by atoms with E-state index >= 15 is 0 Å². The minimum Gasteiger partial charge on any atom is -0.425 e. The van der Waals surface area contributed by atoms with Crippen LogP contribution >= 0.6 is 11.6 Å². The lowest BCUT2D eigenvalue weighted by Gasteiger charge is -2.03. The number of aryl methyl sites for hydroxylation is 2. The SMILES string of the molecule is Cc1cc2nc3nc(-c4ccc(Cl)cc4)n(O)c3nc2cc1C. The van der Waals surface area contributed by atoms with E-state index in [0.29, 0.717) is 22.1 Å². The Labute approximate surface area is 137 Å². The van der Waals surface area contributed by atoms with Gasteiger partial charge in [-0.2, -0.15) is 0 Å². The molecule has 0 spiro atoms. The number of halogens is 1. The molecule has 23 heavy (non-hydrogen) atoms. The summed E-state index contributed by atoms with van der Waals surface area (Å²) in [5, 5.41) is 11.0. The number of nitrogens with zero attached hydrogens (tertiary/aromatic N) is 4. The summed E-state index contributed by atoms with van der Waals surface area (Å²) in [5.74, 6) is 0.389. The fourth-order valence-electron chi connectivity index (χ4n) is 2.54. The Kier molecular flexibility index (Phi) is 2.99. The third-order valence-electron chi connectivity index (χ3n) is 3.96. The summed E-state index contributed by atoms with van der Waals surface area (Å²) < 4.78 is 0.972. The van der Waals surface area contributed by atoms with Gasteiger partial charge in [0.05, 0.1) is 11.0 Å². The van der Waals surface area contributed by atoms with Crippen molar-refractivity contribution in [3.8, 4) is 11.4 Å². The average molecular weight is 325 g/mol. The Morgan fingerprint density at radius 1 is 0.913 bits per heavy atom. The number of imidazole rings is 1. The van der Waals surface area contributed by atoms with Crippen LogP contribution in [0.3, 0.4) is 0 Å². The van der Waals surface area contributed by atoms with E-state index in [9.17, 15) is 5.21 Å². The minimum atomic E-state index is 0.339. The molecule has 0 radical (unpaired) electrons. The topological polar surface area (TPSA) is 63.8 Å². The highest BCUT2D eigenvalue weighted by Gasteiger charge is 2.15. The van der Waals surface area contributed by atoms with Gasteiger partial charge in [-0.05, 0) is 61.4 Å². The Bertz CT molecular complexity index is 1050. The van der Waals surface area contributed by atoms with E-state index < -0.39 is 0 Å². The molecular formula is C17H13ClN4O. The van der Waals surface area contributed by atoms with Crippen molar-refractivity contribution in [1.29, 1.82) is 0 Å². The highest BCUT2D eigenvalue weighted by Crippen LogP contribution is 2.25. The molecule has 6 heteroatoms. The molecule has 5 nitrogen and oxygen atoms in total. The lowest BCUT2D eigenvalue weighted by Crippen LogP contribution is -1.96. The van der Waals surface area contributed by atoms with Crippen molar-refractivity contribution in [3.05, 3.63) is 52.5 Å². The molecule has 0 saturated heterocycles. The first kappa shape index (κ1) is 14.0.